The molecule has 118 valence electrons. The Balaban J connectivity index is 1.46. The number of hydrogen-bond acceptors (Lipinski definition) is 5. The van der Waals surface area contributed by atoms with Crippen molar-refractivity contribution < 1.29 is 9.53 Å². The highest BCUT2D eigenvalue weighted by molar-refractivity contribution is 7.17. The fourth-order valence-electron chi connectivity index (χ4n) is 2.46. The van der Waals surface area contributed by atoms with Crippen LogP contribution in [-0.2, 0) is 11.3 Å². The third-order valence-corrected chi connectivity index (χ3v) is 4.72. The Hall–Kier alpha value is -2.99. The number of ether oxygens (including phenoxy) is 1. The second-order valence-corrected chi connectivity index (χ2v) is 6.13. The number of fused-ring (bicyclic) bond motifs is 1. The van der Waals surface area contributed by atoms with E-state index in [1.54, 1.807) is 34.5 Å². The van der Waals surface area contributed by atoms with E-state index < -0.39 is 0 Å². The van der Waals surface area contributed by atoms with Gasteiger partial charge >= 0.3 is 5.97 Å². The zero-order valence-corrected chi connectivity index (χ0v) is 13.4. The summed E-state index contributed by atoms with van der Waals surface area (Å²) in [6.07, 6.45) is 3.07. The van der Waals surface area contributed by atoms with Gasteiger partial charge in [0.15, 0.2) is 0 Å². The van der Waals surface area contributed by atoms with Crippen LogP contribution in [0, 0.1) is 0 Å². The van der Waals surface area contributed by atoms with Gasteiger partial charge in [0.1, 0.15) is 19.3 Å². The fraction of sp³-hybridized carbons (Fsp3) is 0.0556. The highest BCUT2D eigenvalue weighted by Crippen LogP contribution is 2.26. The fourth-order valence-corrected chi connectivity index (χ4v) is 3.41. The molecule has 0 unspecified atom stereocenters. The molecule has 0 N–H and O–H groups in total. The monoisotopic (exact) mass is 335 g/mol. The van der Waals surface area contributed by atoms with Crippen molar-refractivity contribution in [2.45, 2.75) is 6.61 Å². The first-order valence-corrected chi connectivity index (χ1v) is 8.26. The summed E-state index contributed by atoms with van der Waals surface area (Å²) in [6.45, 7) is 0.272. The number of rotatable bonds is 4. The van der Waals surface area contributed by atoms with Gasteiger partial charge in [-0.05, 0) is 41.1 Å². The Labute approximate surface area is 142 Å². The molecular formula is C18H13N3O2S. The van der Waals surface area contributed by atoms with Gasteiger partial charge in [0.2, 0.25) is 0 Å². The molecule has 0 radical (unpaired) electrons. The Bertz CT molecular complexity index is 975. The summed E-state index contributed by atoms with van der Waals surface area (Å²) < 4.78 is 8.27. The van der Waals surface area contributed by atoms with E-state index in [1.165, 1.54) is 11.0 Å². The van der Waals surface area contributed by atoms with E-state index in [-0.39, 0.29) is 12.6 Å². The molecule has 2 aromatic heterocycles. The number of thiophene rings is 1. The van der Waals surface area contributed by atoms with E-state index in [2.05, 4.69) is 16.1 Å². The summed E-state index contributed by atoms with van der Waals surface area (Å²) in [4.78, 5) is 16.1. The summed E-state index contributed by atoms with van der Waals surface area (Å²) in [5.74, 6) is -0.338. The van der Waals surface area contributed by atoms with Crippen LogP contribution in [0.5, 0.6) is 0 Å². The molecule has 24 heavy (non-hydrogen) atoms. The smallest absolute Gasteiger partial charge is 0.338 e. The van der Waals surface area contributed by atoms with Crippen molar-refractivity contribution in [2.24, 2.45) is 0 Å². The normalized spacial score (nSPS) is 10.8. The molecule has 0 aliphatic heterocycles. The third kappa shape index (κ3) is 2.79. The van der Waals surface area contributed by atoms with Gasteiger partial charge in [0.25, 0.3) is 0 Å². The zero-order valence-electron chi connectivity index (χ0n) is 12.6. The number of hydrogen-bond donors (Lipinski definition) is 0. The average molecular weight is 335 g/mol. The predicted octanol–water partition coefficient (Wildman–Crippen LogP) is 3.84. The van der Waals surface area contributed by atoms with Gasteiger partial charge in [-0.3, -0.25) is 0 Å². The van der Waals surface area contributed by atoms with Crippen molar-refractivity contribution in [1.82, 2.24) is 14.8 Å². The zero-order chi connectivity index (χ0) is 16.4. The molecule has 2 heterocycles. The molecule has 4 aromatic rings. The minimum atomic E-state index is -0.338. The van der Waals surface area contributed by atoms with Crippen LogP contribution in [0.15, 0.2) is 66.6 Å². The molecule has 0 atom stereocenters. The van der Waals surface area contributed by atoms with Crippen LogP contribution in [0.4, 0.5) is 0 Å². The standard InChI is InChI=1S/C18H13N3O2S/c22-18(13-5-7-15(8-6-13)21-12-19-11-20-21)23-9-14-10-24-17-4-2-1-3-16(14)17/h1-8,10-12H,9H2. The van der Waals surface area contributed by atoms with Gasteiger partial charge in [-0.15, -0.1) is 11.3 Å². The van der Waals surface area contributed by atoms with Crippen molar-refractivity contribution >= 4 is 27.4 Å². The number of carbonyl (C=O) groups is 1. The van der Waals surface area contributed by atoms with Gasteiger partial charge in [-0.1, -0.05) is 18.2 Å². The first-order valence-electron chi connectivity index (χ1n) is 7.38. The van der Waals surface area contributed by atoms with E-state index in [4.69, 9.17) is 4.74 Å². The SMILES string of the molecule is O=C(OCc1csc2ccccc12)c1ccc(-n2cncn2)cc1. The molecule has 0 amide bonds. The number of nitrogens with zero attached hydrogens (tertiary/aromatic N) is 3. The lowest BCUT2D eigenvalue weighted by Crippen LogP contribution is -2.05. The maximum Gasteiger partial charge on any atom is 0.338 e. The summed E-state index contributed by atoms with van der Waals surface area (Å²) in [5.41, 5.74) is 2.38. The molecule has 0 fully saturated rings. The second kappa shape index (κ2) is 6.25. The third-order valence-electron chi connectivity index (χ3n) is 3.71. The van der Waals surface area contributed by atoms with E-state index in [0.29, 0.717) is 5.56 Å². The molecule has 5 nitrogen and oxygen atoms in total. The topological polar surface area (TPSA) is 57.0 Å². The molecule has 0 bridgehead atoms. The van der Waals surface area contributed by atoms with Crippen LogP contribution in [0.3, 0.4) is 0 Å². The van der Waals surface area contributed by atoms with Gasteiger partial charge in [0, 0.05) is 10.3 Å². The van der Waals surface area contributed by atoms with Crippen molar-refractivity contribution in [3.8, 4) is 5.69 Å². The highest BCUT2D eigenvalue weighted by Gasteiger charge is 2.10. The molecule has 0 saturated heterocycles. The Morgan fingerprint density at radius 3 is 2.75 bits per heavy atom. The Morgan fingerprint density at radius 1 is 1.12 bits per heavy atom. The Kier molecular flexibility index (Phi) is 3.80. The summed E-state index contributed by atoms with van der Waals surface area (Å²) in [7, 11) is 0. The van der Waals surface area contributed by atoms with Crippen molar-refractivity contribution in [3.05, 3.63) is 77.7 Å². The average Bonchev–Trinajstić information content (AvgIpc) is 3.30. The maximum absolute atomic E-state index is 12.2. The van der Waals surface area contributed by atoms with Crippen LogP contribution in [0.25, 0.3) is 15.8 Å². The minimum absolute atomic E-state index is 0.272. The van der Waals surface area contributed by atoms with E-state index in [1.807, 2.05) is 35.7 Å². The molecule has 0 spiro atoms. The lowest BCUT2D eigenvalue weighted by molar-refractivity contribution is 0.0475. The van der Waals surface area contributed by atoms with E-state index >= 15 is 0 Å². The number of benzene rings is 2. The minimum Gasteiger partial charge on any atom is -0.457 e. The van der Waals surface area contributed by atoms with Crippen molar-refractivity contribution in [1.29, 1.82) is 0 Å². The maximum atomic E-state index is 12.2. The summed E-state index contributed by atoms with van der Waals surface area (Å²) in [5, 5.41) is 7.22. The van der Waals surface area contributed by atoms with Gasteiger partial charge in [0.05, 0.1) is 11.3 Å². The highest BCUT2D eigenvalue weighted by atomic mass is 32.1. The number of carbonyl (C=O) groups excluding carboxylic acids is 1. The second-order valence-electron chi connectivity index (χ2n) is 5.22. The van der Waals surface area contributed by atoms with Gasteiger partial charge in [-0.25, -0.2) is 14.5 Å². The first-order chi connectivity index (χ1) is 11.8. The molecule has 0 aliphatic rings. The molecule has 6 heteroatoms. The molecule has 0 aliphatic carbocycles. The predicted molar refractivity (Wildman–Crippen MR) is 92.3 cm³/mol. The lowest BCUT2D eigenvalue weighted by Gasteiger charge is -2.05. The van der Waals surface area contributed by atoms with Gasteiger partial charge in [-0.2, -0.15) is 5.10 Å². The molecule has 2 aromatic carbocycles. The van der Waals surface area contributed by atoms with Crippen LogP contribution < -0.4 is 0 Å². The first kappa shape index (κ1) is 14.6. The van der Waals surface area contributed by atoms with Crippen LogP contribution in [0.1, 0.15) is 15.9 Å². The van der Waals surface area contributed by atoms with E-state index in [0.717, 1.165) is 16.6 Å². The largest absolute Gasteiger partial charge is 0.457 e. The van der Waals surface area contributed by atoms with Gasteiger partial charge < -0.3 is 4.74 Å². The number of esters is 1. The quantitative estimate of drug-likeness (QED) is 0.532. The van der Waals surface area contributed by atoms with Crippen LogP contribution >= 0.6 is 11.3 Å². The lowest BCUT2D eigenvalue weighted by atomic mass is 10.2. The van der Waals surface area contributed by atoms with Crippen LogP contribution in [0.2, 0.25) is 0 Å². The summed E-state index contributed by atoms with van der Waals surface area (Å²) >= 11 is 1.65. The summed E-state index contributed by atoms with van der Waals surface area (Å²) in [6, 6.07) is 15.2. The molecule has 0 saturated carbocycles. The van der Waals surface area contributed by atoms with E-state index in [9.17, 15) is 4.79 Å². The van der Waals surface area contributed by atoms with Crippen molar-refractivity contribution in [3.63, 3.8) is 0 Å². The molecular weight excluding hydrogens is 322 g/mol. The molecule has 4 rings (SSSR count). The van der Waals surface area contributed by atoms with Crippen LogP contribution in [-0.4, -0.2) is 20.7 Å². The number of aromatic nitrogens is 3. The Morgan fingerprint density at radius 2 is 1.96 bits per heavy atom. The van der Waals surface area contributed by atoms with Crippen molar-refractivity contribution in [2.75, 3.05) is 0 Å².